The van der Waals surface area contributed by atoms with E-state index in [9.17, 15) is 9.90 Å². The lowest BCUT2D eigenvalue weighted by atomic mass is 9.90. The number of fused-ring (bicyclic) bond motifs is 1. The van der Waals surface area contributed by atoms with Crippen LogP contribution in [0.25, 0.3) is 0 Å². The molecule has 0 bridgehead atoms. The van der Waals surface area contributed by atoms with Gasteiger partial charge in [-0.1, -0.05) is 0 Å². The molecule has 2 rings (SSSR count). The normalized spacial score (nSPS) is 20.4. The largest absolute Gasteiger partial charge is 0.486 e. The molecule has 108 valence electrons. The molecule has 1 aliphatic rings. The summed E-state index contributed by atoms with van der Waals surface area (Å²) in [5.74, 6) is 4.49. The zero-order chi connectivity index (χ0) is 14.9. The lowest BCUT2D eigenvalue weighted by Crippen LogP contribution is -2.54. The zero-order valence-corrected chi connectivity index (χ0v) is 11.1. The van der Waals surface area contributed by atoms with Crippen molar-refractivity contribution < 1.29 is 19.5 Å². The van der Waals surface area contributed by atoms with E-state index in [1.807, 2.05) is 0 Å². The van der Waals surface area contributed by atoms with E-state index in [0.717, 1.165) is 5.56 Å². The van der Waals surface area contributed by atoms with Crippen LogP contribution in [0.3, 0.4) is 0 Å². The number of nitrogen functional groups attached to an aromatic ring is 1. The zero-order valence-electron chi connectivity index (χ0n) is 11.1. The van der Waals surface area contributed by atoms with E-state index in [4.69, 9.17) is 21.8 Å². The van der Waals surface area contributed by atoms with Crippen molar-refractivity contribution in [2.45, 2.75) is 31.5 Å². The molecule has 1 aliphatic heterocycles. The predicted molar refractivity (Wildman–Crippen MR) is 71.5 cm³/mol. The lowest BCUT2D eigenvalue weighted by Gasteiger charge is -2.35. The Morgan fingerprint density at radius 2 is 2.30 bits per heavy atom. The van der Waals surface area contributed by atoms with Crippen molar-refractivity contribution in [2.24, 2.45) is 11.6 Å². The number of rotatable bonds is 4. The van der Waals surface area contributed by atoms with Crippen molar-refractivity contribution in [1.82, 2.24) is 0 Å². The number of aryl methyl sites for hydroxylation is 1. The Morgan fingerprint density at radius 3 is 2.85 bits per heavy atom. The van der Waals surface area contributed by atoms with E-state index in [2.05, 4.69) is 4.84 Å². The average molecular weight is 279 g/mol. The van der Waals surface area contributed by atoms with Crippen molar-refractivity contribution in [2.75, 3.05) is 0 Å². The van der Waals surface area contributed by atoms with E-state index in [-0.39, 0.29) is 5.84 Å². The number of amidine groups is 1. The molecule has 0 unspecified atom stereocenters. The third-order valence-corrected chi connectivity index (χ3v) is 3.60. The molecule has 0 amide bonds. The highest BCUT2D eigenvalue weighted by Gasteiger charge is 2.46. The summed E-state index contributed by atoms with van der Waals surface area (Å²) in [5.41, 5.74) is 5.33. The standard InChI is InChI=1S/C13H17N3O4/c1-13(20-16,12(17)18)10-5-3-7-6-8(11(14)15)2-4-9(7)19-10/h2,4,6,10H,3,5,16H2,1H3,(H3,14,15)(H,17,18)/t10-,13+/m1/s1. The molecule has 1 aromatic carbocycles. The number of carbonyl (C=O) groups is 1. The summed E-state index contributed by atoms with van der Waals surface area (Å²) in [4.78, 5) is 15.9. The molecular weight excluding hydrogens is 262 g/mol. The van der Waals surface area contributed by atoms with Gasteiger partial charge in [-0.25, -0.2) is 10.7 Å². The number of carboxylic acids is 1. The van der Waals surface area contributed by atoms with E-state index in [1.165, 1.54) is 6.92 Å². The topological polar surface area (TPSA) is 132 Å². The fourth-order valence-corrected chi connectivity index (χ4v) is 2.21. The maximum absolute atomic E-state index is 11.3. The molecule has 0 fully saturated rings. The second kappa shape index (κ2) is 5.10. The number of hydrogen-bond acceptors (Lipinski definition) is 5. The van der Waals surface area contributed by atoms with E-state index < -0.39 is 17.7 Å². The third kappa shape index (κ3) is 2.33. The number of benzene rings is 1. The first-order chi connectivity index (χ1) is 9.38. The summed E-state index contributed by atoms with van der Waals surface area (Å²) in [6, 6.07) is 5.11. The Hall–Kier alpha value is -2.12. The van der Waals surface area contributed by atoms with Crippen molar-refractivity contribution in [3.05, 3.63) is 29.3 Å². The molecule has 7 nitrogen and oxygen atoms in total. The average Bonchev–Trinajstić information content (AvgIpc) is 2.44. The maximum Gasteiger partial charge on any atom is 0.341 e. The fourth-order valence-electron chi connectivity index (χ4n) is 2.21. The van der Waals surface area contributed by atoms with E-state index >= 15 is 0 Å². The van der Waals surface area contributed by atoms with Crippen LogP contribution in [-0.2, 0) is 16.1 Å². The van der Waals surface area contributed by atoms with E-state index in [0.29, 0.717) is 24.2 Å². The highest BCUT2D eigenvalue weighted by atomic mass is 16.7. The van der Waals surface area contributed by atoms with Gasteiger partial charge >= 0.3 is 5.97 Å². The molecule has 1 aromatic rings. The number of aliphatic carboxylic acids is 1. The van der Waals surface area contributed by atoms with Gasteiger partial charge in [0, 0.05) is 5.56 Å². The molecule has 0 aliphatic carbocycles. The Kier molecular flexibility index (Phi) is 3.65. The van der Waals surface area contributed by atoms with Crippen LogP contribution in [0.4, 0.5) is 0 Å². The predicted octanol–water partition coefficient (Wildman–Crippen LogP) is 0.398. The molecule has 1 heterocycles. The van der Waals surface area contributed by atoms with Gasteiger partial charge in [-0.05, 0) is 43.5 Å². The lowest BCUT2D eigenvalue weighted by molar-refractivity contribution is -0.179. The van der Waals surface area contributed by atoms with Gasteiger partial charge in [0.15, 0.2) is 0 Å². The molecule has 2 atom stereocenters. The highest BCUT2D eigenvalue weighted by Crippen LogP contribution is 2.33. The second-order valence-electron chi connectivity index (χ2n) is 4.91. The number of ether oxygens (including phenoxy) is 1. The Balaban J connectivity index is 2.28. The molecule has 0 saturated heterocycles. The molecule has 0 spiro atoms. The summed E-state index contributed by atoms with van der Waals surface area (Å²) in [6.45, 7) is 1.38. The van der Waals surface area contributed by atoms with Crippen LogP contribution in [0.1, 0.15) is 24.5 Å². The molecule has 20 heavy (non-hydrogen) atoms. The minimum Gasteiger partial charge on any atom is -0.486 e. The van der Waals surface area contributed by atoms with Crippen LogP contribution in [0, 0.1) is 5.41 Å². The number of hydrogen-bond donors (Lipinski definition) is 4. The fraction of sp³-hybridized carbons (Fsp3) is 0.385. The first-order valence-electron chi connectivity index (χ1n) is 6.13. The van der Waals surface area contributed by atoms with Gasteiger partial charge in [0.1, 0.15) is 17.7 Å². The number of nitrogens with two attached hydrogens (primary N) is 2. The Morgan fingerprint density at radius 1 is 1.60 bits per heavy atom. The minimum absolute atomic E-state index is 0.0180. The van der Waals surface area contributed by atoms with Gasteiger partial charge in [-0.2, -0.15) is 0 Å². The Labute approximate surface area is 115 Å². The molecule has 0 radical (unpaired) electrons. The van der Waals surface area contributed by atoms with Gasteiger partial charge in [-0.15, -0.1) is 0 Å². The van der Waals surface area contributed by atoms with Crippen LogP contribution >= 0.6 is 0 Å². The van der Waals surface area contributed by atoms with Crippen LogP contribution in [0.5, 0.6) is 5.75 Å². The molecule has 6 N–H and O–H groups in total. The molecular formula is C13H17N3O4. The maximum atomic E-state index is 11.3. The summed E-state index contributed by atoms with van der Waals surface area (Å²) < 4.78 is 5.69. The van der Waals surface area contributed by atoms with Crippen molar-refractivity contribution in [3.8, 4) is 5.75 Å². The summed E-state index contributed by atoms with van der Waals surface area (Å²) >= 11 is 0. The first-order valence-corrected chi connectivity index (χ1v) is 6.13. The quantitative estimate of drug-likeness (QED) is 0.358. The van der Waals surface area contributed by atoms with E-state index in [1.54, 1.807) is 18.2 Å². The molecule has 0 aromatic heterocycles. The monoisotopic (exact) mass is 279 g/mol. The van der Waals surface area contributed by atoms with Gasteiger partial charge < -0.3 is 15.6 Å². The smallest absolute Gasteiger partial charge is 0.341 e. The van der Waals surface area contributed by atoms with Crippen molar-refractivity contribution >= 4 is 11.8 Å². The first kappa shape index (κ1) is 14.3. The van der Waals surface area contributed by atoms with Crippen LogP contribution in [0.15, 0.2) is 18.2 Å². The second-order valence-corrected chi connectivity index (χ2v) is 4.91. The Bertz CT molecular complexity index is 561. The van der Waals surface area contributed by atoms with Crippen LogP contribution in [0.2, 0.25) is 0 Å². The molecule has 7 heteroatoms. The minimum atomic E-state index is -1.60. The molecule has 0 saturated carbocycles. The summed E-state index contributed by atoms with van der Waals surface area (Å²) in [7, 11) is 0. The number of carboxylic acid groups (broad SMARTS) is 1. The third-order valence-electron chi connectivity index (χ3n) is 3.60. The summed E-state index contributed by atoms with van der Waals surface area (Å²) in [5, 5.41) is 16.6. The van der Waals surface area contributed by atoms with Crippen LogP contribution < -0.4 is 16.4 Å². The van der Waals surface area contributed by atoms with Gasteiger partial charge in [0.2, 0.25) is 5.60 Å². The van der Waals surface area contributed by atoms with Crippen molar-refractivity contribution in [3.63, 3.8) is 0 Å². The highest BCUT2D eigenvalue weighted by molar-refractivity contribution is 5.95. The van der Waals surface area contributed by atoms with Crippen LogP contribution in [-0.4, -0.2) is 28.6 Å². The SMILES string of the molecule is C[C@@](ON)(C(=O)O)[C@H]1CCc2cc(C(=N)N)ccc2O1. The van der Waals surface area contributed by atoms with Gasteiger partial charge in [0.25, 0.3) is 0 Å². The van der Waals surface area contributed by atoms with Gasteiger partial charge in [-0.3, -0.25) is 10.2 Å². The van der Waals surface area contributed by atoms with Crippen molar-refractivity contribution in [1.29, 1.82) is 5.41 Å². The number of nitrogens with one attached hydrogen (secondary N) is 1. The summed E-state index contributed by atoms with van der Waals surface area (Å²) in [6.07, 6.45) is 0.377. The van der Waals surface area contributed by atoms with Gasteiger partial charge in [0.05, 0.1) is 0 Å².